The average molecular weight is 566 g/mol. The molecular formula is C14H20Br2Cl2Si2Zr. The fraction of sp³-hybridized carbons (Fsp3) is 0.429. The first-order valence-corrected chi connectivity index (χ1v) is 16.7. The van der Waals surface area contributed by atoms with Gasteiger partial charge in [-0.3, -0.25) is 0 Å². The van der Waals surface area contributed by atoms with Crippen LogP contribution in [0.15, 0.2) is 38.1 Å². The molecule has 21 heavy (non-hydrogen) atoms. The Balaban J connectivity index is 0.00000200. The SMILES string of the molecule is C[SiH](C)C1=[C]([Zr+2][C]2=C([SiH](C)C)C(Br)=CC2)CC=C1Br.[Cl-].[Cl-]. The Morgan fingerprint density at radius 2 is 1.14 bits per heavy atom. The molecule has 0 aromatic rings. The van der Waals surface area contributed by atoms with Crippen molar-refractivity contribution in [1.82, 2.24) is 0 Å². The van der Waals surface area contributed by atoms with Crippen molar-refractivity contribution >= 4 is 49.5 Å². The van der Waals surface area contributed by atoms with Gasteiger partial charge < -0.3 is 24.8 Å². The van der Waals surface area contributed by atoms with Crippen LogP contribution >= 0.6 is 31.9 Å². The number of allylic oxidation sites excluding steroid dienone is 8. The quantitative estimate of drug-likeness (QED) is 0.384. The average Bonchev–Trinajstić information content (AvgIpc) is 2.83. The molecule has 0 heterocycles. The van der Waals surface area contributed by atoms with E-state index >= 15 is 0 Å². The van der Waals surface area contributed by atoms with Crippen molar-refractivity contribution in [3.63, 3.8) is 0 Å². The van der Waals surface area contributed by atoms with E-state index in [-0.39, 0.29) is 24.8 Å². The van der Waals surface area contributed by atoms with Crippen LogP contribution in [0.1, 0.15) is 12.8 Å². The standard InChI is InChI=1S/2C7H10BrSi.2ClH.Zr/c2*1-9(2)7-5-3-4-6(7)8;;;/h2*4,9H,3H2,1-2H3;2*1H;/q;;;;+2/p-2. The van der Waals surface area contributed by atoms with Gasteiger partial charge in [0.25, 0.3) is 0 Å². The molecule has 0 saturated heterocycles. The van der Waals surface area contributed by atoms with Crippen molar-refractivity contribution in [3.8, 4) is 0 Å². The second-order valence-corrected chi connectivity index (χ2v) is 16.8. The number of hydrogen-bond acceptors (Lipinski definition) is 0. The number of rotatable bonds is 4. The Bertz CT molecular complexity index is 477. The summed E-state index contributed by atoms with van der Waals surface area (Å²) in [6.45, 7) is 9.85. The molecule has 0 N–H and O–H groups in total. The molecule has 2 aliphatic rings. The topological polar surface area (TPSA) is 0 Å². The van der Waals surface area contributed by atoms with Gasteiger partial charge in [-0.1, -0.05) is 0 Å². The molecular weight excluding hydrogens is 546 g/mol. The second-order valence-electron chi connectivity index (χ2n) is 5.73. The molecule has 0 saturated carbocycles. The normalized spacial score (nSPS) is 17.7. The molecule has 0 aromatic carbocycles. The predicted molar refractivity (Wildman–Crippen MR) is 95.1 cm³/mol. The Hall–Kier alpha value is 1.82. The van der Waals surface area contributed by atoms with Crippen molar-refractivity contribution in [3.05, 3.63) is 38.1 Å². The fourth-order valence-corrected chi connectivity index (χ4v) is 18.5. The third kappa shape index (κ3) is 5.40. The smallest absolute Gasteiger partial charge is 1.00 e. The van der Waals surface area contributed by atoms with Crippen molar-refractivity contribution < 1.29 is 48.0 Å². The van der Waals surface area contributed by atoms with Crippen LogP contribution in [-0.2, 0) is 23.2 Å². The van der Waals surface area contributed by atoms with Gasteiger partial charge in [0.15, 0.2) is 0 Å². The van der Waals surface area contributed by atoms with Crippen molar-refractivity contribution in [2.24, 2.45) is 0 Å². The first kappa shape index (κ1) is 22.8. The zero-order valence-corrected chi connectivity index (χ0v) is 22.2. The molecule has 0 aromatic heterocycles. The summed E-state index contributed by atoms with van der Waals surface area (Å²) in [6.07, 6.45) is 7.29. The number of halogens is 4. The van der Waals surface area contributed by atoms with Gasteiger partial charge in [0.2, 0.25) is 0 Å². The molecule has 2 aliphatic carbocycles. The van der Waals surface area contributed by atoms with E-state index in [4.69, 9.17) is 0 Å². The van der Waals surface area contributed by atoms with Crippen molar-refractivity contribution in [1.29, 1.82) is 0 Å². The first-order chi connectivity index (χ1) is 8.91. The molecule has 0 nitrogen and oxygen atoms in total. The van der Waals surface area contributed by atoms with Gasteiger partial charge in [0, 0.05) is 0 Å². The van der Waals surface area contributed by atoms with Crippen LogP contribution in [0.2, 0.25) is 26.2 Å². The third-order valence-corrected chi connectivity index (χ3v) is 14.8. The Morgan fingerprint density at radius 3 is 1.43 bits per heavy atom. The van der Waals surface area contributed by atoms with Crippen LogP contribution in [0.3, 0.4) is 0 Å². The molecule has 0 radical (unpaired) electrons. The molecule has 0 atom stereocenters. The minimum atomic E-state index is -0.693. The molecule has 0 amide bonds. The van der Waals surface area contributed by atoms with E-state index in [0.29, 0.717) is 0 Å². The molecule has 2 rings (SSSR count). The van der Waals surface area contributed by atoms with Gasteiger partial charge in [-0.25, -0.2) is 0 Å². The summed E-state index contributed by atoms with van der Waals surface area (Å²) in [4.78, 5) is 0. The van der Waals surface area contributed by atoms with E-state index in [0.717, 1.165) is 0 Å². The van der Waals surface area contributed by atoms with Crippen LogP contribution in [0.4, 0.5) is 0 Å². The maximum atomic E-state index is 3.79. The van der Waals surface area contributed by atoms with E-state index in [2.05, 4.69) is 70.2 Å². The molecule has 0 aliphatic heterocycles. The van der Waals surface area contributed by atoms with E-state index in [1.54, 1.807) is 10.4 Å². The van der Waals surface area contributed by atoms with Crippen LogP contribution < -0.4 is 24.8 Å². The minimum absolute atomic E-state index is 0. The summed E-state index contributed by atoms with van der Waals surface area (Å²) >= 11 is 7.04. The Labute approximate surface area is 172 Å². The van der Waals surface area contributed by atoms with Gasteiger partial charge in [0.05, 0.1) is 0 Å². The summed E-state index contributed by atoms with van der Waals surface area (Å²) in [5.74, 6) is 0. The molecule has 0 unspecified atom stereocenters. The van der Waals surface area contributed by atoms with Gasteiger partial charge in [0.1, 0.15) is 0 Å². The summed E-state index contributed by atoms with van der Waals surface area (Å²) in [5.41, 5.74) is 0. The third-order valence-electron chi connectivity index (χ3n) is 3.59. The summed E-state index contributed by atoms with van der Waals surface area (Å²) < 4.78 is 6.57. The first-order valence-electron chi connectivity index (χ1n) is 6.87. The van der Waals surface area contributed by atoms with Crippen LogP contribution in [-0.4, -0.2) is 17.6 Å². The van der Waals surface area contributed by atoms with Gasteiger partial charge in [-0.2, -0.15) is 0 Å². The Morgan fingerprint density at radius 1 is 0.810 bits per heavy atom. The van der Waals surface area contributed by atoms with E-state index < -0.39 is 40.8 Å². The summed E-state index contributed by atoms with van der Waals surface area (Å²) in [6, 6.07) is 0. The van der Waals surface area contributed by atoms with Crippen LogP contribution in [0, 0.1) is 0 Å². The van der Waals surface area contributed by atoms with Gasteiger partial charge >= 0.3 is 150 Å². The Kier molecular flexibility index (Phi) is 10.8. The van der Waals surface area contributed by atoms with E-state index in [1.807, 2.05) is 6.56 Å². The monoisotopic (exact) mass is 562 g/mol. The second kappa shape index (κ2) is 9.96. The largest absolute Gasteiger partial charge is 1.00 e. The van der Waals surface area contributed by atoms with Crippen molar-refractivity contribution in [2.75, 3.05) is 0 Å². The predicted octanol–water partition coefficient (Wildman–Crippen LogP) is -0.998. The fourth-order valence-electron chi connectivity index (χ4n) is 2.78. The van der Waals surface area contributed by atoms with Crippen LogP contribution in [0.5, 0.6) is 0 Å². The maximum Gasteiger partial charge on any atom is -1.00 e. The van der Waals surface area contributed by atoms with E-state index in [9.17, 15) is 0 Å². The zero-order chi connectivity index (χ0) is 14.2. The molecule has 0 bridgehead atoms. The summed E-state index contributed by atoms with van der Waals surface area (Å²) in [7, 11) is -1.39. The van der Waals surface area contributed by atoms with E-state index in [1.165, 1.54) is 21.8 Å². The molecule has 0 fully saturated rings. The molecule has 116 valence electrons. The maximum absolute atomic E-state index is 3.79. The molecule has 0 spiro atoms. The number of hydrogen-bond donors (Lipinski definition) is 0. The van der Waals surface area contributed by atoms with Gasteiger partial charge in [-0.15, -0.1) is 0 Å². The molecule has 7 heteroatoms. The van der Waals surface area contributed by atoms with Gasteiger partial charge in [-0.05, 0) is 0 Å². The van der Waals surface area contributed by atoms with Crippen molar-refractivity contribution in [2.45, 2.75) is 39.0 Å². The summed E-state index contributed by atoms with van der Waals surface area (Å²) in [5, 5.41) is 3.51. The minimum Gasteiger partial charge on any atom is -1.00 e. The van der Waals surface area contributed by atoms with Crippen LogP contribution in [0.25, 0.3) is 0 Å². The zero-order valence-electron chi connectivity index (χ0n) is 12.7.